The van der Waals surface area contributed by atoms with Gasteiger partial charge in [-0.2, -0.15) is 8.75 Å². The molecule has 5 nitrogen and oxygen atoms in total. The van der Waals surface area contributed by atoms with Gasteiger partial charge in [0.2, 0.25) is 0 Å². The SMILES string of the molecule is COc1ccc(-n2c(-c3ccc(-c4cccs4)c4nsnc34)nc3c4ccccc4c4ccccc4c32)cc1. The second kappa shape index (κ2) is 8.73. The van der Waals surface area contributed by atoms with Crippen LogP contribution in [0.25, 0.3) is 71.1 Å². The molecule has 0 fully saturated rings. The van der Waals surface area contributed by atoms with E-state index in [0.717, 1.165) is 61.2 Å². The maximum atomic E-state index is 5.47. The number of aromatic nitrogens is 4. The Morgan fingerprint density at radius 3 is 2.03 bits per heavy atom. The van der Waals surface area contributed by atoms with E-state index in [1.54, 1.807) is 18.4 Å². The minimum absolute atomic E-state index is 0.812. The number of thiophene rings is 1. The first kappa shape index (κ1) is 22.4. The quantitative estimate of drug-likeness (QED) is 0.209. The monoisotopic (exact) mass is 540 g/mol. The van der Waals surface area contributed by atoms with E-state index in [1.165, 1.54) is 27.4 Å². The molecular formula is C32H20N4OS2. The number of fused-ring (bicyclic) bond motifs is 7. The number of benzene rings is 5. The van der Waals surface area contributed by atoms with Gasteiger partial charge in [-0.1, -0.05) is 60.7 Å². The highest BCUT2D eigenvalue weighted by atomic mass is 32.1. The van der Waals surface area contributed by atoms with Crippen molar-refractivity contribution in [3.05, 3.63) is 102 Å². The molecule has 7 heteroatoms. The number of methoxy groups -OCH3 is 1. The van der Waals surface area contributed by atoms with Gasteiger partial charge in [0.15, 0.2) is 0 Å². The fraction of sp³-hybridized carbons (Fsp3) is 0.0312. The van der Waals surface area contributed by atoms with E-state index in [4.69, 9.17) is 18.5 Å². The van der Waals surface area contributed by atoms with E-state index in [2.05, 4.69) is 94.9 Å². The van der Waals surface area contributed by atoms with Gasteiger partial charge in [-0.15, -0.1) is 11.3 Å². The number of ether oxygens (including phenoxy) is 1. The molecule has 0 aliphatic rings. The molecule has 3 aromatic heterocycles. The van der Waals surface area contributed by atoms with Crippen LogP contribution in [0.2, 0.25) is 0 Å². The molecule has 0 N–H and O–H groups in total. The average molecular weight is 541 g/mol. The molecule has 0 amide bonds. The highest BCUT2D eigenvalue weighted by Gasteiger charge is 2.23. The van der Waals surface area contributed by atoms with Crippen LogP contribution in [0.1, 0.15) is 0 Å². The van der Waals surface area contributed by atoms with E-state index < -0.39 is 0 Å². The standard InChI is InChI=1S/C32H20N4OS2/c1-37-20-14-12-19(13-15-20)36-31-24-10-5-3-8-22(24)21-7-2-4-9-23(21)30(31)33-32(36)26-17-16-25(27-11-6-18-38-27)28-29(26)35-39-34-28/h2-18H,1H3. The molecule has 0 unspecified atom stereocenters. The zero-order chi connectivity index (χ0) is 25.9. The fourth-order valence-electron chi connectivity index (χ4n) is 5.55. The summed E-state index contributed by atoms with van der Waals surface area (Å²) in [6.07, 6.45) is 0. The molecule has 0 bridgehead atoms. The number of imidazole rings is 1. The summed E-state index contributed by atoms with van der Waals surface area (Å²) in [5, 5.41) is 6.77. The molecule has 3 heterocycles. The predicted molar refractivity (Wildman–Crippen MR) is 162 cm³/mol. The van der Waals surface area contributed by atoms with Crippen LogP contribution in [0.5, 0.6) is 5.75 Å². The highest BCUT2D eigenvalue weighted by Crippen LogP contribution is 2.42. The molecule has 0 atom stereocenters. The molecule has 186 valence electrons. The van der Waals surface area contributed by atoms with Crippen LogP contribution in [0.15, 0.2) is 102 Å². The van der Waals surface area contributed by atoms with Gasteiger partial charge < -0.3 is 4.74 Å². The Kier molecular flexibility index (Phi) is 5.01. The maximum absolute atomic E-state index is 5.47. The van der Waals surface area contributed by atoms with Gasteiger partial charge in [0.1, 0.15) is 22.6 Å². The third kappa shape index (κ3) is 3.34. The number of rotatable bonds is 4. The topological polar surface area (TPSA) is 52.8 Å². The van der Waals surface area contributed by atoms with E-state index in [9.17, 15) is 0 Å². The van der Waals surface area contributed by atoms with Crippen molar-refractivity contribution in [2.24, 2.45) is 0 Å². The van der Waals surface area contributed by atoms with Crippen LogP contribution >= 0.6 is 23.1 Å². The van der Waals surface area contributed by atoms with Gasteiger partial charge >= 0.3 is 0 Å². The van der Waals surface area contributed by atoms with Crippen molar-refractivity contribution in [3.8, 4) is 33.3 Å². The summed E-state index contributed by atoms with van der Waals surface area (Å²) in [6, 6.07) is 33.8. The van der Waals surface area contributed by atoms with Gasteiger partial charge in [0, 0.05) is 32.5 Å². The Balaban J connectivity index is 1.53. The lowest BCUT2D eigenvalue weighted by Gasteiger charge is -2.13. The Bertz CT molecular complexity index is 2160. The van der Waals surface area contributed by atoms with Crippen molar-refractivity contribution in [2.45, 2.75) is 0 Å². The molecule has 5 aromatic carbocycles. The summed E-state index contributed by atoms with van der Waals surface area (Å²) in [5.74, 6) is 1.65. The number of nitrogens with zero attached hydrogens (tertiary/aromatic N) is 4. The molecule has 0 aliphatic heterocycles. The van der Waals surface area contributed by atoms with E-state index in [1.807, 2.05) is 12.1 Å². The first-order valence-electron chi connectivity index (χ1n) is 12.6. The van der Waals surface area contributed by atoms with Crippen molar-refractivity contribution >= 4 is 66.7 Å². The van der Waals surface area contributed by atoms with E-state index >= 15 is 0 Å². The molecule has 8 aromatic rings. The third-order valence-corrected chi connectivity index (χ3v) is 8.74. The van der Waals surface area contributed by atoms with Gasteiger partial charge in [0.25, 0.3) is 0 Å². The summed E-state index contributed by atoms with van der Waals surface area (Å²) in [6.45, 7) is 0. The Morgan fingerprint density at radius 1 is 0.641 bits per heavy atom. The van der Waals surface area contributed by atoms with E-state index in [0.29, 0.717) is 0 Å². The number of hydrogen-bond donors (Lipinski definition) is 0. The predicted octanol–water partition coefficient (Wildman–Crippen LogP) is 8.74. The summed E-state index contributed by atoms with van der Waals surface area (Å²) >= 11 is 2.95. The molecule has 39 heavy (non-hydrogen) atoms. The molecule has 0 saturated carbocycles. The smallest absolute Gasteiger partial charge is 0.148 e. The van der Waals surface area contributed by atoms with Crippen LogP contribution in [0, 0.1) is 0 Å². The number of hydrogen-bond acceptors (Lipinski definition) is 6. The maximum Gasteiger partial charge on any atom is 0.148 e. The van der Waals surface area contributed by atoms with Crippen LogP contribution < -0.4 is 4.74 Å². The van der Waals surface area contributed by atoms with Crippen molar-refractivity contribution in [1.29, 1.82) is 0 Å². The minimum Gasteiger partial charge on any atom is -0.497 e. The van der Waals surface area contributed by atoms with Crippen LogP contribution in [0.3, 0.4) is 0 Å². The lowest BCUT2D eigenvalue weighted by atomic mass is 10.00. The normalized spacial score (nSPS) is 11.7. The summed E-state index contributed by atoms with van der Waals surface area (Å²) in [4.78, 5) is 6.55. The van der Waals surface area contributed by atoms with Crippen molar-refractivity contribution in [1.82, 2.24) is 18.3 Å². The molecular weight excluding hydrogens is 521 g/mol. The highest BCUT2D eigenvalue weighted by molar-refractivity contribution is 7.13. The Labute approximate surface area is 231 Å². The van der Waals surface area contributed by atoms with Crippen LogP contribution in [0.4, 0.5) is 0 Å². The van der Waals surface area contributed by atoms with Crippen LogP contribution in [-0.2, 0) is 0 Å². The molecule has 8 rings (SSSR count). The zero-order valence-corrected chi connectivity index (χ0v) is 22.5. The van der Waals surface area contributed by atoms with Gasteiger partial charge in [-0.25, -0.2) is 4.98 Å². The van der Waals surface area contributed by atoms with E-state index in [-0.39, 0.29) is 0 Å². The summed E-state index contributed by atoms with van der Waals surface area (Å²) in [5.41, 5.74) is 6.87. The lowest BCUT2D eigenvalue weighted by Crippen LogP contribution is -1.99. The van der Waals surface area contributed by atoms with Crippen LogP contribution in [-0.4, -0.2) is 25.4 Å². The minimum atomic E-state index is 0.812. The van der Waals surface area contributed by atoms with Gasteiger partial charge in [0.05, 0.1) is 29.9 Å². The first-order valence-corrected chi connectivity index (χ1v) is 14.2. The van der Waals surface area contributed by atoms with Crippen molar-refractivity contribution in [3.63, 3.8) is 0 Å². The average Bonchev–Trinajstić information content (AvgIpc) is 3.77. The Hall–Kier alpha value is -4.59. The molecule has 0 radical (unpaired) electrons. The lowest BCUT2D eigenvalue weighted by molar-refractivity contribution is 0.415. The molecule has 0 spiro atoms. The summed E-state index contributed by atoms with van der Waals surface area (Å²) < 4.78 is 17.2. The fourth-order valence-corrected chi connectivity index (χ4v) is 6.87. The molecule has 0 aliphatic carbocycles. The largest absolute Gasteiger partial charge is 0.497 e. The second-order valence-electron chi connectivity index (χ2n) is 9.36. The van der Waals surface area contributed by atoms with Gasteiger partial charge in [-0.3, -0.25) is 4.57 Å². The third-order valence-electron chi connectivity index (χ3n) is 7.31. The van der Waals surface area contributed by atoms with Crippen molar-refractivity contribution in [2.75, 3.05) is 7.11 Å². The summed E-state index contributed by atoms with van der Waals surface area (Å²) in [7, 11) is 1.69. The first-order chi connectivity index (χ1) is 19.3. The Morgan fingerprint density at radius 2 is 1.31 bits per heavy atom. The second-order valence-corrected chi connectivity index (χ2v) is 10.8. The zero-order valence-electron chi connectivity index (χ0n) is 20.8. The molecule has 0 saturated heterocycles. The van der Waals surface area contributed by atoms with Gasteiger partial charge in [-0.05, 0) is 52.6 Å². The van der Waals surface area contributed by atoms with Crippen molar-refractivity contribution < 1.29 is 4.74 Å².